The molecule has 0 saturated carbocycles. The lowest BCUT2D eigenvalue weighted by Crippen LogP contribution is -2.37. The highest BCUT2D eigenvalue weighted by Gasteiger charge is 2.35. The van der Waals surface area contributed by atoms with Gasteiger partial charge in [-0.1, -0.05) is 0 Å². The minimum absolute atomic E-state index is 0.00888. The van der Waals surface area contributed by atoms with Gasteiger partial charge in [0.15, 0.2) is 11.5 Å². The van der Waals surface area contributed by atoms with E-state index in [0.29, 0.717) is 5.56 Å². The van der Waals surface area contributed by atoms with Crippen LogP contribution in [0.15, 0.2) is 12.1 Å². The molecule has 1 aromatic carbocycles. The average Bonchev–Trinajstić information content (AvgIpc) is 2.75. The van der Waals surface area contributed by atoms with Crippen LogP contribution in [0.25, 0.3) is 0 Å². The van der Waals surface area contributed by atoms with Gasteiger partial charge in [0.2, 0.25) is 5.82 Å². The fraction of sp³-hybridized carbons (Fsp3) is 0.500. The van der Waals surface area contributed by atoms with E-state index in [1.165, 1.54) is 11.0 Å². The van der Waals surface area contributed by atoms with E-state index < -0.39 is 29.3 Å². The number of phenols is 1. The summed E-state index contributed by atoms with van der Waals surface area (Å²) in [5.41, 5.74) is -0.0814. The van der Waals surface area contributed by atoms with Gasteiger partial charge in [-0.05, 0) is 32.9 Å². The van der Waals surface area contributed by atoms with E-state index in [4.69, 9.17) is 9.47 Å². The van der Waals surface area contributed by atoms with E-state index in [0.717, 1.165) is 0 Å². The quantitative estimate of drug-likeness (QED) is 0.861. The number of fused-ring (bicyclic) bond motifs is 1. The van der Waals surface area contributed by atoms with Crippen LogP contribution in [-0.2, 0) is 4.74 Å². The second kappa shape index (κ2) is 4.85. The molecule has 1 N–H and O–H groups in total. The van der Waals surface area contributed by atoms with Crippen LogP contribution >= 0.6 is 0 Å². The van der Waals surface area contributed by atoms with Gasteiger partial charge in [0.05, 0.1) is 6.04 Å². The van der Waals surface area contributed by atoms with Crippen molar-refractivity contribution in [2.45, 2.75) is 32.4 Å². The summed E-state index contributed by atoms with van der Waals surface area (Å²) < 4.78 is 24.2. The van der Waals surface area contributed by atoms with E-state index in [-0.39, 0.29) is 12.4 Å². The Labute approximate surface area is 116 Å². The van der Waals surface area contributed by atoms with Crippen molar-refractivity contribution in [3.05, 3.63) is 23.5 Å². The summed E-state index contributed by atoms with van der Waals surface area (Å²) in [6.45, 7) is 5.45. The maximum atomic E-state index is 13.7. The maximum absolute atomic E-state index is 13.7. The van der Waals surface area contributed by atoms with Gasteiger partial charge in [-0.2, -0.15) is 4.39 Å². The van der Waals surface area contributed by atoms with E-state index in [2.05, 4.69) is 0 Å². The Bertz CT molecular complexity index is 539. The van der Waals surface area contributed by atoms with Crippen LogP contribution in [0.5, 0.6) is 11.5 Å². The Morgan fingerprint density at radius 2 is 2.15 bits per heavy atom. The summed E-state index contributed by atoms with van der Waals surface area (Å²) in [6.07, 6.45) is -0.507. The van der Waals surface area contributed by atoms with Crippen molar-refractivity contribution in [2.75, 3.05) is 13.7 Å². The molecule has 1 aromatic rings. The molecule has 6 heteroatoms. The number of carbonyl (C=O) groups is 1. The van der Waals surface area contributed by atoms with Crippen LogP contribution in [0.3, 0.4) is 0 Å². The maximum Gasteiger partial charge on any atom is 0.410 e. The molecule has 0 saturated heterocycles. The van der Waals surface area contributed by atoms with Gasteiger partial charge in [0.25, 0.3) is 0 Å². The van der Waals surface area contributed by atoms with Gasteiger partial charge in [0.1, 0.15) is 12.2 Å². The first-order valence-corrected chi connectivity index (χ1v) is 6.30. The smallest absolute Gasteiger partial charge is 0.410 e. The number of phenolic OH excluding ortho intramolecular Hbond substituents is 1. The first kappa shape index (κ1) is 14.4. The minimum atomic E-state index is -0.803. The molecule has 1 aliphatic rings. The Morgan fingerprint density at radius 3 is 2.75 bits per heavy atom. The van der Waals surface area contributed by atoms with Crippen molar-refractivity contribution in [2.24, 2.45) is 0 Å². The molecule has 0 radical (unpaired) electrons. The van der Waals surface area contributed by atoms with Gasteiger partial charge in [-0.3, -0.25) is 0 Å². The van der Waals surface area contributed by atoms with Crippen LogP contribution in [0.1, 0.15) is 32.4 Å². The van der Waals surface area contributed by atoms with Crippen LogP contribution in [0.2, 0.25) is 0 Å². The first-order chi connectivity index (χ1) is 9.20. The molecular weight excluding hydrogens is 265 g/mol. The number of ether oxygens (including phenoxy) is 2. The van der Waals surface area contributed by atoms with Crippen molar-refractivity contribution < 1.29 is 23.8 Å². The topological polar surface area (TPSA) is 59.0 Å². The lowest BCUT2D eigenvalue weighted by molar-refractivity contribution is 0.0201. The molecule has 1 amide bonds. The standard InChI is InChI=1S/C14H18FNO4/c1-14(2,3)20-13(18)16(4)9-7-19-12-8(9)5-6-10(17)11(12)15/h5-6,9,17H,7H2,1-4H3. The summed E-state index contributed by atoms with van der Waals surface area (Å²) in [7, 11) is 1.57. The number of nitrogens with zero attached hydrogens (tertiary/aromatic N) is 1. The monoisotopic (exact) mass is 283 g/mol. The van der Waals surface area contributed by atoms with Gasteiger partial charge < -0.3 is 19.5 Å². The highest BCUT2D eigenvalue weighted by atomic mass is 19.1. The van der Waals surface area contributed by atoms with Crippen LogP contribution < -0.4 is 4.74 Å². The average molecular weight is 283 g/mol. The molecule has 1 unspecified atom stereocenters. The van der Waals surface area contributed by atoms with Gasteiger partial charge in [-0.15, -0.1) is 0 Å². The molecule has 2 rings (SSSR count). The van der Waals surface area contributed by atoms with Gasteiger partial charge in [-0.25, -0.2) is 4.79 Å². The summed E-state index contributed by atoms with van der Waals surface area (Å²) in [5, 5.41) is 9.31. The van der Waals surface area contributed by atoms with Crippen LogP contribution in [-0.4, -0.2) is 35.4 Å². The number of carbonyl (C=O) groups excluding carboxylic acids is 1. The number of amides is 1. The predicted octanol–water partition coefficient (Wildman–Crippen LogP) is 2.83. The number of hydrogen-bond donors (Lipinski definition) is 1. The predicted molar refractivity (Wildman–Crippen MR) is 70.3 cm³/mol. The Kier molecular flexibility index (Phi) is 3.50. The highest BCUT2D eigenvalue weighted by molar-refractivity contribution is 5.69. The van der Waals surface area contributed by atoms with Gasteiger partial charge in [0, 0.05) is 12.6 Å². The summed E-state index contributed by atoms with van der Waals surface area (Å²) >= 11 is 0. The first-order valence-electron chi connectivity index (χ1n) is 6.30. The Hall–Kier alpha value is -1.98. The van der Waals surface area contributed by atoms with Crippen molar-refractivity contribution in [3.8, 4) is 11.5 Å². The molecule has 1 heterocycles. The third kappa shape index (κ3) is 2.64. The third-order valence-electron chi connectivity index (χ3n) is 3.00. The summed E-state index contributed by atoms with van der Waals surface area (Å²) in [6, 6.07) is 2.36. The second-order valence-corrected chi connectivity index (χ2v) is 5.74. The summed E-state index contributed by atoms with van der Waals surface area (Å²) in [5.74, 6) is -1.28. The molecule has 0 bridgehead atoms. The molecular formula is C14H18FNO4. The van der Waals surface area contributed by atoms with Crippen LogP contribution in [0, 0.1) is 5.82 Å². The van der Waals surface area contributed by atoms with Crippen LogP contribution in [0.4, 0.5) is 9.18 Å². The number of halogens is 1. The molecule has 20 heavy (non-hydrogen) atoms. The third-order valence-corrected chi connectivity index (χ3v) is 3.00. The normalized spacial score (nSPS) is 17.4. The zero-order valence-corrected chi connectivity index (χ0v) is 11.9. The molecule has 110 valence electrons. The Balaban J connectivity index is 2.22. The van der Waals surface area contributed by atoms with Crippen molar-refractivity contribution >= 4 is 6.09 Å². The lowest BCUT2D eigenvalue weighted by Gasteiger charge is -2.27. The SMILES string of the molecule is CN(C(=O)OC(C)(C)C)C1COc2c1ccc(O)c2F. The van der Waals surface area contributed by atoms with E-state index >= 15 is 0 Å². The number of benzene rings is 1. The molecule has 0 fully saturated rings. The van der Waals surface area contributed by atoms with Gasteiger partial charge >= 0.3 is 6.09 Å². The van der Waals surface area contributed by atoms with Crippen molar-refractivity contribution in [3.63, 3.8) is 0 Å². The molecule has 0 aromatic heterocycles. The number of likely N-dealkylation sites (N-methyl/N-ethyl adjacent to an activating group) is 1. The zero-order valence-electron chi connectivity index (χ0n) is 11.9. The molecule has 1 aliphatic heterocycles. The molecule has 0 aliphatic carbocycles. The summed E-state index contributed by atoms with van der Waals surface area (Å²) in [4.78, 5) is 13.4. The highest BCUT2D eigenvalue weighted by Crippen LogP contribution is 2.40. The minimum Gasteiger partial charge on any atom is -0.505 e. The fourth-order valence-corrected chi connectivity index (χ4v) is 2.00. The van der Waals surface area contributed by atoms with E-state index in [1.54, 1.807) is 33.9 Å². The number of rotatable bonds is 1. The fourth-order valence-electron chi connectivity index (χ4n) is 2.00. The lowest BCUT2D eigenvalue weighted by atomic mass is 10.1. The number of hydrogen-bond acceptors (Lipinski definition) is 4. The van der Waals surface area contributed by atoms with E-state index in [9.17, 15) is 14.3 Å². The van der Waals surface area contributed by atoms with Crippen molar-refractivity contribution in [1.82, 2.24) is 4.90 Å². The van der Waals surface area contributed by atoms with Crippen molar-refractivity contribution in [1.29, 1.82) is 0 Å². The molecule has 1 atom stereocenters. The van der Waals surface area contributed by atoms with E-state index in [1.807, 2.05) is 0 Å². The largest absolute Gasteiger partial charge is 0.505 e. The molecule has 0 spiro atoms. The Morgan fingerprint density at radius 1 is 1.50 bits per heavy atom. The zero-order chi connectivity index (χ0) is 15.1. The molecule has 5 nitrogen and oxygen atoms in total. The number of aromatic hydroxyl groups is 1. The second-order valence-electron chi connectivity index (χ2n) is 5.74.